The molecule has 1 saturated carbocycles. The van der Waals surface area contributed by atoms with Crippen LogP contribution in [0, 0.1) is 12.3 Å². The number of aromatic nitrogens is 3. The molecule has 1 N–H and O–H groups in total. The van der Waals surface area contributed by atoms with Crippen molar-refractivity contribution in [3.05, 3.63) is 59.2 Å². The van der Waals surface area contributed by atoms with Crippen molar-refractivity contribution in [1.82, 2.24) is 14.8 Å². The lowest BCUT2D eigenvalue weighted by Gasteiger charge is -2.21. The number of nitrogens with zero attached hydrogens (tertiary/aromatic N) is 3. The Morgan fingerprint density at radius 3 is 2.50 bits per heavy atom. The van der Waals surface area contributed by atoms with Crippen LogP contribution in [-0.4, -0.2) is 26.5 Å². The molecular weight excluding hydrogens is 322 g/mol. The number of aryl methyl sites for hydroxylation is 1. The second kappa shape index (κ2) is 6.51. The van der Waals surface area contributed by atoms with Gasteiger partial charge in [0.2, 0.25) is 0 Å². The van der Waals surface area contributed by atoms with Crippen molar-refractivity contribution in [2.75, 3.05) is 6.61 Å². The number of rotatable bonds is 6. The molecule has 1 aromatic heterocycles. The van der Waals surface area contributed by atoms with Gasteiger partial charge in [0.15, 0.2) is 0 Å². The Kier molecular flexibility index (Phi) is 4.31. The third-order valence-corrected chi connectivity index (χ3v) is 5.47. The van der Waals surface area contributed by atoms with E-state index in [1.165, 1.54) is 34.7 Å². The summed E-state index contributed by atoms with van der Waals surface area (Å²) in [5, 5.41) is 21.0. The number of hydrogen-bond acceptors (Lipinski definition) is 3. The van der Waals surface area contributed by atoms with Crippen molar-refractivity contribution in [3.63, 3.8) is 0 Å². The quantitative estimate of drug-likeness (QED) is 0.725. The Hall–Kier alpha value is -2.20. The molecule has 2 aromatic carbocycles. The molecule has 3 aromatic rings. The SMILES string of the molecule is Cc1nnc(CC(C)(C)CO)n1Cc1ccc(C2CC2)c2ccccc12. The monoisotopic (exact) mass is 349 g/mol. The minimum atomic E-state index is -0.199. The third kappa shape index (κ3) is 3.26. The predicted octanol–water partition coefficient (Wildman–Crippen LogP) is 4.23. The van der Waals surface area contributed by atoms with Gasteiger partial charge >= 0.3 is 0 Å². The Labute approximate surface area is 154 Å². The maximum Gasteiger partial charge on any atom is 0.133 e. The van der Waals surface area contributed by atoms with E-state index >= 15 is 0 Å². The van der Waals surface area contributed by atoms with Gasteiger partial charge < -0.3 is 9.67 Å². The summed E-state index contributed by atoms with van der Waals surface area (Å²) in [5.74, 6) is 2.60. The number of fused-ring (bicyclic) bond motifs is 1. The fraction of sp³-hybridized carbons (Fsp3) is 0.455. The molecule has 4 nitrogen and oxygen atoms in total. The lowest BCUT2D eigenvalue weighted by atomic mass is 9.90. The molecule has 136 valence electrons. The average molecular weight is 349 g/mol. The molecule has 26 heavy (non-hydrogen) atoms. The van der Waals surface area contributed by atoms with Gasteiger partial charge in [-0.05, 0) is 53.0 Å². The van der Waals surface area contributed by atoms with Crippen LogP contribution in [0.15, 0.2) is 36.4 Å². The number of hydrogen-bond donors (Lipinski definition) is 1. The van der Waals surface area contributed by atoms with E-state index < -0.39 is 0 Å². The lowest BCUT2D eigenvalue weighted by Crippen LogP contribution is -2.22. The minimum Gasteiger partial charge on any atom is -0.396 e. The van der Waals surface area contributed by atoms with Crippen LogP contribution < -0.4 is 0 Å². The highest BCUT2D eigenvalue weighted by molar-refractivity contribution is 5.89. The summed E-state index contributed by atoms with van der Waals surface area (Å²) in [5.41, 5.74) is 2.59. The Balaban J connectivity index is 1.73. The molecule has 1 heterocycles. The first kappa shape index (κ1) is 17.2. The van der Waals surface area contributed by atoms with Crippen LogP contribution >= 0.6 is 0 Å². The molecule has 0 radical (unpaired) electrons. The van der Waals surface area contributed by atoms with Gasteiger partial charge in [-0.25, -0.2) is 0 Å². The van der Waals surface area contributed by atoms with Crippen LogP contribution in [0.5, 0.6) is 0 Å². The van der Waals surface area contributed by atoms with Gasteiger partial charge in [-0.15, -0.1) is 10.2 Å². The van der Waals surface area contributed by atoms with E-state index in [1.807, 2.05) is 6.92 Å². The summed E-state index contributed by atoms with van der Waals surface area (Å²) in [7, 11) is 0. The highest BCUT2D eigenvalue weighted by Crippen LogP contribution is 2.43. The average Bonchev–Trinajstić information content (AvgIpc) is 3.43. The fourth-order valence-electron chi connectivity index (χ4n) is 3.69. The zero-order valence-electron chi connectivity index (χ0n) is 15.9. The first-order valence-corrected chi connectivity index (χ1v) is 9.48. The highest BCUT2D eigenvalue weighted by Gasteiger charge is 2.26. The molecule has 1 aliphatic carbocycles. The summed E-state index contributed by atoms with van der Waals surface area (Å²) >= 11 is 0. The fourth-order valence-corrected chi connectivity index (χ4v) is 3.69. The lowest BCUT2D eigenvalue weighted by molar-refractivity contribution is 0.156. The molecule has 1 aliphatic rings. The zero-order valence-corrected chi connectivity index (χ0v) is 15.9. The second-order valence-corrected chi connectivity index (χ2v) is 8.38. The summed E-state index contributed by atoms with van der Waals surface area (Å²) in [6, 6.07) is 13.3. The Bertz CT molecular complexity index is 938. The molecule has 4 heteroatoms. The molecule has 0 amide bonds. The minimum absolute atomic E-state index is 0.137. The largest absolute Gasteiger partial charge is 0.396 e. The Morgan fingerprint density at radius 1 is 1.08 bits per heavy atom. The zero-order chi connectivity index (χ0) is 18.3. The van der Waals surface area contributed by atoms with Gasteiger partial charge in [0.25, 0.3) is 0 Å². The summed E-state index contributed by atoms with van der Waals surface area (Å²) in [6.07, 6.45) is 3.34. The normalized spacial score (nSPS) is 14.9. The first-order valence-electron chi connectivity index (χ1n) is 9.48. The van der Waals surface area contributed by atoms with Crippen LogP contribution in [0.3, 0.4) is 0 Å². The van der Waals surface area contributed by atoms with Gasteiger partial charge in [0.05, 0.1) is 6.54 Å². The maximum absolute atomic E-state index is 9.62. The van der Waals surface area contributed by atoms with Crippen LogP contribution in [0.1, 0.15) is 55.4 Å². The predicted molar refractivity (Wildman–Crippen MR) is 104 cm³/mol. The van der Waals surface area contributed by atoms with Crippen LogP contribution in [0.4, 0.5) is 0 Å². The molecule has 0 atom stereocenters. The molecule has 1 fully saturated rings. The molecule has 0 unspecified atom stereocenters. The van der Waals surface area contributed by atoms with Crippen molar-refractivity contribution >= 4 is 10.8 Å². The summed E-state index contributed by atoms with van der Waals surface area (Å²) < 4.78 is 2.19. The smallest absolute Gasteiger partial charge is 0.133 e. The highest BCUT2D eigenvalue weighted by atomic mass is 16.3. The van der Waals surface area contributed by atoms with Gasteiger partial charge in [-0.2, -0.15) is 0 Å². The second-order valence-electron chi connectivity index (χ2n) is 8.38. The van der Waals surface area contributed by atoms with Gasteiger partial charge in [0.1, 0.15) is 11.6 Å². The van der Waals surface area contributed by atoms with E-state index in [-0.39, 0.29) is 12.0 Å². The molecule has 0 spiro atoms. The number of aliphatic hydroxyl groups is 1. The first-order chi connectivity index (χ1) is 12.5. The molecule has 0 saturated heterocycles. The van der Waals surface area contributed by atoms with E-state index in [2.05, 4.69) is 65.0 Å². The van der Waals surface area contributed by atoms with E-state index in [4.69, 9.17) is 0 Å². The number of aliphatic hydroxyl groups excluding tert-OH is 1. The van der Waals surface area contributed by atoms with Crippen molar-refractivity contribution < 1.29 is 5.11 Å². The molecular formula is C22H27N3O. The summed E-state index contributed by atoms with van der Waals surface area (Å²) in [6.45, 7) is 7.02. The van der Waals surface area contributed by atoms with Crippen LogP contribution in [-0.2, 0) is 13.0 Å². The van der Waals surface area contributed by atoms with E-state index in [1.54, 1.807) is 0 Å². The van der Waals surface area contributed by atoms with Crippen molar-refractivity contribution in [1.29, 1.82) is 0 Å². The van der Waals surface area contributed by atoms with E-state index in [9.17, 15) is 5.11 Å². The molecule has 0 aliphatic heterocycles. The van der Waals surface area contributed by atoms with Crippen molar-refractivity contribution in [2.24, 2.45) is 5.41 Å². The van der Waals surface area contributed by atoms with Crippen LogP contribution in [0.2, 0.25) is 0 Å². The van der Waals surface area contributed by atoms with Gasteiger partial charge in [-0.3, -0.25) is 0 Å². The Morgan fingerprint density at radius 2 is 1.81 bits per heavy atom. The standard InChI is InChI=1S/C22H27N3O/c1-15-23-24-21(12-22(2,3)14-26)25(15)13-17-10-11-19(16-8-9-16)20-7-5-4-6-18(17)20/h4-7,10-11,16,26H,8-9,12-14H2,1-3H3. The molecule has 4 rings (SSSR count). The number of benzene rings is 2. The van der Waals surface area contributed by atoms with E-state index in [0.29, 0.717) is 6.42 Å². The van der Waals surface area contributed by atoms with Crippen molar-refractivity contribution in [2.45, 2.75) is 52.5 Å². The van der Waals surface area contributed by atoms with Crippen LogP contribution in [0.25, 0.3) is 10.8 Å². The maximum atomic E-state index is 9.62. The van der Waals surface area contributed by atoms with Gasteiger partial charge in [-0.1, -0.05) is 50.2 Å². The van der Waals surface area contributed by atoms with Crippen molar-refractivity contribution in [3.8, 4) is 0 Å². The topological polar surface area (TPSA) is 50.9 Å². The van der Waals surface area contributed by atoms with Gasteiger partial charge in [0, 0.05) is 13.0 Å². The van der Waals surface area contributed by atoms with E-state index in [0.717, 1.165) is 24.1 Å². The molecule has 0 bridgehead atoms. The third-order valence-electron chi connectivity index (χ3n) is 5.47. The summed E-state index contributed by atoms with van der Waals surface area (Å²) in [4.78, 5) is 0.